The molecule has 0 unspecified atom stereocenters. The first kappa shape index (κ1) is 18.6. The fraction of sp³-hybridized carbons (Fsp3) is 0.300. The highest BCUT2D eigenvalue weighted by atomic mass is 16.5. The van der Waals surface area contributed by atoms with Crippen LogP contribution in [0.25, 0.3) is 0 Å². The van der Waals surface area contributed by atoms with Gasteiger partial charge in [0.05, 0.1) is 14.2 Å². The van der Waals surface area contributed by atoms with E-state index in [9.17, 15) is 9.59 Å². The maximum atomic E-state index is 12.4. The van der Waals surface area contributed by atoms with Crippen LogP contribution in [0, 0.1) is 0 Å². The van der Waals surface area contributed by atoms with E-state index >= 15 is 0 Å². The highest BCUT2D eigenvalue weighted by molar-refractivity contribution is 6.04. The van der Waals surface area contributed by atoms with E-state index < -0.39 is 5.91 Å². The quantitative estimate of drug-likeness (QED) is 0.896. The molecule has 0 saturated carbocycles. The van der Waals surface area contributed by atoms with Gasteiger partial charge in [-0.15, -0.1) is 0 Å². The zero-order valence-corrected chi connectivity index (χ0v) is 15.5. The van der Waals surface area contributed by atoms with Gasteiger partial charge in [-0.3, -0.25) is 10.1 Å². The molecule has 0 aromatic heterocycles. The van der Waals surface area contributed by atoms with Crippen molar-refractivity contribution in [3.05, 3.63) is 54.1 Å². The number of rotatable bonds is 4. The lowest BCUT2D eigenvalue weighted by Crippen LogP contribution is -2.52. The van der Waals surface area contributed by atoms with Crippen LogP contribution >= 0.6 is 0 Å². The summed E-state index contributed by atoms with van der Waals surface area (Å²) in [6, 6.07) is 14.1. The average molecular weight is 369 g/mol. The van der Waals surface area contributed by atoms with Gasteiger partial charge in [-0.25, -0.2) is 4.79 Å². The van der Waals surface area contributed by atoms with Crippen molar-refractivity contribution in [1.82, 2.24) is 10.2 Å². The minimum atomic E-state index is -0.416. The minimum absolute atomic E-state index is 0.370. The SMILES string of the molecule is COc1ccc(C(=O)NC(=O)N2CCN(c3ccc(OC)cc3)CC2)cc1. The summed E-state index contributed by atoms with van der Waals surface area (Å²) in [6.07, 6.45) is 0. The summed E-state index contributed by atoms with van der Waals surface area (Å²) >= 11 is 0. The molecular formula is C20H23N3O4. The number of methoxy groups -OCH3 is 2. The second-order valence-corrected chi connectivity index (χ2v) is 6.16. The molecule has 1 aliphatic rings. The van der Waals surface area contributed by atoms with E-state index in [4.69, 9.17) is 9.47 Å². The van der Waals surface area contributed by atoms with Crippen molar-refractivity contribution in [1.29, 1.82) is 0 Å². The van der Waals surface area contributed by atoms with Gasteiger partial charge in [-0.1, -0.05) is 0 Å². The van der Waals surface area contributed by atoms with Crippen LogP contribution < -0.4 is 19.7 Å². The van der Waals surface area contributed by atoms with Crippen molar-refractivity contribution in [2.75, 3.05) is 45.3 Å². The average Bonchev–Trinajstić information content (AvgIpc) is 2.74. The van der Waals surface area contributed by atoms with Gasteiger partial charge in [0.15, 0.2) is 0 Å². The molecule has 7 heteroatoms. The highest BCUT2D eigenvalue weighted by Crippen LogP contribution is 2.20. The summed E-state index contributed by atoms with van der Waals surface area (Å²) in [7, 11) is 3.20. The van der Waals surface area contributed by atoms with Crippen LogP contribution in [0.1, 0.15) is 10.4 Å². The Labute approximate surface area is 158 Å². The third-order valence-corrected chi connectivity index (χ3v) is 4.58. The van der Waals surface area contributed by atoms with E-state index in [1.165, 1.54) is 0 Å². The zero-order chi connectivity index (χ0) is 19.2. The van der Waals surface area contributed by atoms with E-state index in [0.717, 1.165) is 11.4 Å². The molecule has 3 amide bonds. The second-order valence-electron chi connectivity index (χ2n) is 6.16. The molecule has 1 aliphatic heterocycles. The number of imide groups is 1. The molecule has 0 radical (unpaired) electrons. The van der Waals surface area contributed by atoms with Gasteiger partial charge in [-0.05, 0) is 48.5 Å². The van der Waals surface area contributed by atoms with Crippen molar-refractivity contribution >= 4 is 17.6 Å². The van der Waals surface area contributed by atoms with E-state index in [2.05, 4.69) is 10.2 Å². The smallest absolute Gasteiger partial charge is 0.324 e. The molecule has 1 N–H and O–H groups in total. The van der Waals surface area contributed by atoms with Crippen LogP contribution in [0.4, 0.5) is 10.5 Å². The van der Waals surface area contributed by atoms with E-state index in [-0.39, 0.29) is 6.03 Å². The molecule has 27 heavy (non-hydrogen) atoms. The number of urea groups is 1. The number of benzene rings is 2. The fourth-order valence-electron chi connectivity index (χ4n) is 2.95. The van der Waals surface area contributed by atoms with Crippen LogP contribution in [0.3, 0.4) is 0 Å². The number of ether oxygens (including phenoxy) is 2. The molecule has 0 spiro atoms. The standard InChI is InChI=1S/C20H23N3O4/c1-26-17-7-3-15(4-8-17)19(24)21-20(25)23-13-11-22(12-14-23)16-5-9-18(27-2)10-6-16/h3-10H,11-14H2,1-2H3,(H,21,24,25). The number of carbonyl (C=O) groups is 2. The van der Waals surface area contributed by atoms with E-state index in [1.54, 1.807) is 43.4 Å². The normalized spacial score (nSPS) is 13.9. The largest absolute Gasteiger partial charge is 0.497 e. The van der Waals surface area contributed by atoms with Crippen LogP contribution in [-0.4, -0.2) is 57.2 Å². The first-order chi connectivity index (χ1) is 13.1. The van der Waals surface area contributed by atoms with Gasteiger partial charge in [-0.2, -0.15) is 0 Å². The maximum Gasteiger partial charge on any atom is 0.324 e. The molecule has 142 valence electrons. The number of amides is 3. The third-order valence-electron chi connectivity index (χ3n) is 4.58. The van der Waals surface area contributed by atoms with Crippen molar-refractivity contribution in [2.24, 2.45) is 0 Å². The van der Waals surface area contributed by atoms with E-state index in [0.29, 0.717) is 37.5 Å². The topological polar surface area (TPSA) is 71.1 Å². The molecule has 1 fully saturated rings. The minimum Gasteiger partial charge on any atom is -0.497 e. The number of hydrogen-bond acceptors (Lipinski definition) is 5. The van der Waals surface area contributed by atoms with Crippen molar-refractivity contribution in [2.45, 2.75) is 0 Å². The summed E-state index contributed by atoms with van der Waals surface area (Å²) in [5.74, 6) is 1.06. The fourth-order valence-corrected chi connectivity index (χ4v) is 2.95. The molecule has 3 rings (SSSR count). The lowest BCUT2D eigenvalue weighted by molar-refractivity contribution is 0.0951. The Kier molecular flexibility index (Phi) is 5.80. The first-order valence-corrected chi connectivity index (χ1v) is 8.74. The summed E-state index contributed by atoms with van der Waals surface area (Å²) in [4.78, 5) is 28.4. The van der Waals surface area contributed by atoms with Crippen molar-refractivity contribution < 1.29 is 19.1 Å². The predicted molar refractivity (Wildman–Crippen MR) is 103 cm³/mol. The summed E-state index contributed by atoms with van der Waals surface area (Å²) < 4.78 is 10.2. The zero-order valence-electron chi connectivity index (χ0n) is 15.5. The van der Waals surface area contributed by atoms with Gasteiger partial charge in [0.25, 0.3) is 5.91 Å². The molecule has 0 aliphatic carbocycles. The van der Waals surface area contributed by atoms with E-state index in [1.807, 2.05) is 24.3 Å². The van der Waals surface area contributed by atoms with Gasteiger partial charge in [0, 0.05) is 37.4 Å². The molecule has 1 heterocycles. The maximum absolute atomic E-state index is 12.4. The van der Waals surface area contributed by atoms with Crippen LogP contribution in [0.15, 0.2) is 48.5 Å². The lowest BCUT2D eigenvalue weighted by atomic mass is 10.2. The molecule has 1 saturated heterocycles. The van der Waals surface area contributed by atoms with Gasteiger partial charge >= 0.3 is 6.03 Å². The Morgan fingerprint density at radius 1 is 0.815 bits per heavy atom. The Morgan fingerprint density at radius 2 is 1.33 bits per heavy atom. The number of anilines is 1. The molecule has 0 atom stereocenters. The van der Waals surface area contributed by atoms with Gasteiger partial charge < -0.3 is 19.3 Å². The molecule has 0 bridgehead atoms. The predicted octanol–water partition coefficient (Wildman–Crippen LogP) is 2.38. The molecule has 2 aromatic rings. The number of hydrogen-bond donors (Lipinski definition) is 1. The van der Waals surface area contributed by atoms with Crippen LogP contribution in [0.2, 0.25) is 0 Å². The molecule has 2 aromatic carbocycles. The van der Waals surface area contributed by atoms with Gasteiger partial charge in [0.2, 0.25) is 0 Å². The number of nitrogens with zero attached hydrogens (tertiary/aromatic N) is 2. The number of nitrogens with one attached hydrogen (secondary N) is 1. The van der Waals surface area contributed by atoms with Crippen LogP contribution in [-0.2, 0) is 0 Å². The highest BCUT2D eigenvalue weighted by Gasteiger charge is 2.23. The number of carbonyl (C=O) groups excluding carboxylic acids is 2. The Balaban J connectivity index is 1.52. The third kappa shape index (κ3) is 4.49. The Morgan fingerprint density at radius 3 is 1.85 bits per heavy atom. The molecular weight excluding hydrogens is 346 g/mol. The Hall–Kier alpha value is -3.22. The summed E-state index contributed by atoms with van der Waals surface area (Å²) in [6.45, 7) is 2.51. The van der Waals surface area contributed by atoms with Crippen molar-refractivity contribution in [3.8, 4) is 11.5 Å². The first-order valence-electron chi connectivity index (χ1n) is 8.74. The molecule has 7 nitrogen and oxygen atoms in total. The van der Waals surface area contributed by atoms with Gasteiger partial charge in [0.1, 0.15) is 11.5 Å². The summed E-state index contributed by atoms with van der Waals surface area (Å²) in [5, 5.41) is 2.45. The monoisotopic (exact) mass is 369 g/mol. The second kappa shape index (κ2) is 8.44. The Bertz CT molecular complexity index is 782. The lowest BCUT2D eigenvalue weighted by Gasteiger charge is -2.36. The van der Waals surface area contributed by atoms with Crippen molar-refractivity contribution in [3.63, 3.8) is 0 Å². The van der Waals surface area contributed by atoms with Crippen LogP contribution in [0.5, 0.6) is 11.5 Å². The number of piperazine rings is 1. The summed E-state index contributed by atoms with van der Waals surface area (Å²) in [5.41, 5.74) is 1.51.